The van der Waals surface area contributed by atoms with Gasteiger partial charge in [-0.3, -0.25) is 9.79 Å². The summed E-state index contributed by atoms with van der Waals surface area (Å²) in [6.45, 7) is 11.3. The average molecular weight is 330 g/mol. The topological polar surface area (TPSA) is 71.8 Å². The number of nitrogen functional groups attached to an aromatic ring is 1. The molecule has 2 aromatic rings. The molecule has 1 aliphatic rings. The van der Waals surface area contributed by atoms with Crippen molar-refractivity contribution in [2.24, 2.45) is 4.99 Å². The van der Waals surface area contributed by atoms with E-state index >= 15 is 0 Å². The minimum atomic E-state index is -0.217. The van der Waals surface area contributed by atoms with Gasteiger partial charge in [-0.2, -0.15) is 0 Å². The molecule has 0 aromatic heterocycles. The van der Waals surface area contributed by atoms with E-state index in [0.29, 0.717) is 29.2 Å². The van der Waals surface area contributed by atoms with E-state index in [9.17, 15) is 4.79 Å². The second-order valence-corrected chi connectivity index (χ2v) is 5.97. The maximum absolute atomic E-state index is 12.6. The van der Waals surface area contributed by atoms with E-state index in [4.69, 9.17) is 12.3 Å². The number of carbonyl (C=O) groups excluding carboxylic acids is 1. The van der Waals surface area contributed by atoms with Gasteiger partial charge in [0.1, 0.15) is 0 Å². The quantitative estimate of drug-likeness (QED) is 0.662. The Bertz CT molecular complexity index is 947. The largest absolute Gasteiger partial charge is 0.398 e. The van der Waals surface area contributed by atoms with Crippen LogP contribution >= 0.6 is 0 Å². The lowest BCUT2D eigenvalue weighted by Crippen LogP contribution is -2.17. The van der Waals surface area contributed by atoms with Crippen molar-refractivity contribution in [2.75, 3.05) is 17.6 Å². The maximum atomic E-state index is 12.6. The van der Waals surface area contributed by atoms with E-state index in [1.54, 1.807) is 18.2 Å². The molecule has 0 atom stereocenters. The van der Waals surface area contributed by atoms with Gasteiger partial charge in [0.2, 0.25) is 0 Å². The van der Waals surface area contributed by atoms with Crippen LogP contribution in [0.3, 0.4) is 0 Å². The smallest absolute Gasteiger partial charge is 0.253 e. The number of anilines is 2. The van der Waals surface area contributed by atoms with Gasteiger partial charge in [0, 0.05) is 11.3 Å². The van der Waals surface area contributed by atoms with Crippen LogP contribution in [0.4, 0.5) is 17.1 Å². The molecule has 3 N–H and O–H groups in total. The summed E-state index contributed by atoms with van der Waals surface area (Å²) in [5.41, 5.74) is 11.8. The Morgan fingerprint density at radius 2 is 1.92 bits per heavy atom. The van der Waals surface area contributed by atoms with Gasteiger partial charge in [0.05, 0.1) is 24.5 Å². The van der Waals surface area contributed by atoms with E-state index in [0.717, 1.165) is 16.8 Å². The third-order valence-corrected chi connectivity index (χ3v) is 4.21. The highest BCUT2D eigenvalue weighted by molar-refractivity contribution is 6.20. The number of hydrogen-bond acceptors (Lipinski definition) is 3. The van der Waals surface area contributed by atoms with Crippen LogP contribution in [-0.2, 0) is 4.79 Å². The zero-order chi connectivity index (χ0) is 18.0. The Morgan fingerprint density at radius 3 is 2.56 bits per heavy atom. The molecule has 0 aliphatic carbocycles. The molecule has 124 valence electrons. The second-order valence-electron chi connectivity index (χ2n) is 5.97. The first kappa shape index (κ1) is 16.5. The molecule has 1 aliphatic heterocycles. The summed E-state index contributed by atoms with van der Waals surface area (Å²) in [6.07, 6.45) is 0. The summed E-state index contributed by atoms with van der Waals surface area (Å²) in [5, 5.41) is 2.82. The predicted octanol–water partition coefficient (Wildman–Crippen LogP) is 3.89. The van der Waals surface area contributed by atoms with Crippen LogP contribution in [0, 0.1) is 13.5 Å². The standard InChI is InChI=1S/C20H18N4O/c1-12-4-6-14(7-5-12)19-13(2)16(11-23-19)20(25)24-18-9-8-15(22-3)10-17(18)21/h4-10H,11,21H2,1-2H3,(H,24,25). The fraction of sp³-hybridized carbons (Fsp3) is 0.150. The van der Waals surface area contributed by atoms with E-state index in [2.05, 4.69) is 15.2 Å². The van der Waals surface area contributed by atoms with Gasteiger partial charge in [-0.25, -0.2) is 4.85 Å². The second kappa shape index (κ2) is 6.62. The normalized spacial score (nSPS) is 13.4. The molecule has 0 saturated carbocycles. The monoisotopic (exact) mass is 330 g/mol. The minimum Gasteiger partial charge on any atom is -0.398 e. The number of aryl methyl sites for hydroxylation is 1. The number of nitrogens with zero attached hydrogens (tertiary/aromatic N) is 2. The summed E-state index contributed by atoms with van der Waals surface area (Å²) >= 11 is 0. The van der Waals surface area contributed by atoms with Crippen molar-refractivity contribution < 1.29 is 4.79 Å². The van der Waals surface area contributed by atoms with Crippen molar-refractivity contribution in [3.8, 4) is 0 Å². The molecule has 5 heteroatoms. The fourth-order valence-corrected chi connectivity index (χ4v) is 2.73. The van der Waals surface area contributed by atoms with Gasteiger partial charge in [-0.05, 0) is 37.1 Å². The van der Waals surface area contributed by atoms with Crippen molar-refractivity contribution in [2.45, 2.75) is 13.8 Å². The summed E-state index contributed by atoms with van der Waals surface area (Å²) in [7, 11) is 0. The molecule has 0 radical (unpaired) electrons. The van der Waals surface area contributed by atoms with E-state index in [1.165, 1.54) is 5.56 Å². The molecule has 0 fully saturated rings. The lowest BCUT2D eigenvalue weighted by atomic mass is 10.0. The first-order chi connectivity index (χ1) is 12.0. The number of nitrogens with two attached hydrogens (primary N) is 1. The van der Waals surface area contributed by atoms with Crippen molar-refractivity contribution in [1.82, 2.24) is 0 Å². The Labute approximate surface area is 146 Å². The maximum Gasteiger partial charge on any atom is 0.253 e. The number of hydrogen-bond donors (Lipinski definition) is 2. The van der Waals surface area contributed by atoms with Crippen LogP contribution in [0.25, 0.3) is 4.85 Å². The number of amides is 1. The summed E-state index contributed by atoms with van der Waals surface area (Å²) in [5.74, 6) is -0.217. The Balaban J connectivity index is 1.81. The lowest BCUT2D eigenvalue weighted by Gasteiger charge is -2.10. The Morgan fingerprint density at radius 1 is 1.20 bits per heavy atom. The van der Waals surface area contributed by atoms with Gasteiger partial charge in [0.15, 0.2) is 5.69 Å². The van der Waals surface area contributed by atoms with Gasteiger partial charge in [-0.1, -0.05) is 35.9 Å². The SMILES string of the molecule is [C-]#[N+]c1ccc(NC(=O)C2=C(C)C(c3ccc(C)cc3)=NC2)c(N)c1. The first-order valence-electron chi connectivity index (χ1n) is 7.89. The molecule has 2 aromatic carbocycles. The number of rotatable bonds is 3. The molecule has 0 bridgehead atoms. The molecule has 1 amide bonds. The Kier molecular flexibility index (Phi) is 4.36. The van der Waals surface area contributed by atoms with Gasteiger partial charge >= 0.3 is 0 Å². The van der Waals surface area contributed by atoms with E-state index in [-0.39, 0.29) is 5.91 Å². The van der Waals surface area contributed by atoms with Crippen molar-refractivity contribution in [3.05, 3.63) is 76.2 Å². The van der Waals surface area contributed by atoms with Crippen LogP contribution < -0.4 is 11.1 Å². The highest BCUT2D eigenvalue weighted by Crippen LogP contribution is 2.26. The van der Waals surface area contributed by atoms with Crippen LogP contribution in [0.2, 0.25) is 0 Å². The number of aliphatic imine (C=N–C) groups is 1. The summed E-state index contributed by atoms with van der Waals surface area (Å²) < 4.78 is 0. The molecule has 5 nitrogen and oxygen atoms in total. The Hall–Kier alpha value is -3.39. The highest BCUT2D eigenvalue weighted by atomic mass is 16.1. The molecule has 0 saturated heterocycles. The lowest BCUT2D eigenvalue weighted by molar-refractivity contribution is -0.112. The zero-order valence-corrected chi connectivity index (χ0v) is 14.1. The fourth-order valence-electron chi connectivity index (χ4n) is 2.73. The molecular formula is C20H18N4O. The number of nitrogens with one attached hydrogen (secondary N) is 1. The van der Waals surface area contributed by atoms with Crippen LogP contribution in [-0.4, -0.2) is 18.2 Å². The highest BCUT2D eigenvalue weighted by Gasteiger charge is 2.22. The van der Waals surface area contributed by atoms with Crippen molar-refractivity contribution >= 4 is 28.7 Å². The number of benzene rings is 2. The molecule has 1 heterocycles. The first-order valence-corrected chi connectivity index (χ1v) is 7.89. The van der Waals surface area contributed by atoms with Crippen molar-refractivity contribution in [1.29, 1.82) is 0 Å². The molecule has 3 rings (SSSR count). The molecule has 25 heavy (non-hydrogen) atoms. The average Bonchev–Trinajstić information content (AvgIpc) is 2.99. The van der Waals surface area contributed by atoms with Crippen LogP contribution in [0.15, 0.2) is 58.6 Å². The van der Waals surface area contributed by atoms with Gasteiger partial charge < -0.3 is 11.1 Å². The van der Waals surface area contributed by atoms with Crippen LogP contribution in [0.5, 0.6) is 0 Å². The van der Waals surface area contributed by atoms with Crippen molar-refractivity contribution in [3.63, 3.8) is 0 Å². The van der Waals surface area contributed by atoms with E-state index < -0.39 is 0 Å². The molecular weight excluding hydrogens is 312 g/mol. The zero-order valence-electron chi connectivity index (χ0n) is 14.1. The number of carbonyl (C=O) groups is 1. The van der Waals surface area contributed by atoms with Crippen LogP contribution in [0.1, 0.15) is 18.1 Å². The summed E-state index contributed by atoms with van der Waals surface area (Å²) in [6, 6.07) is 12.9. The van der Waals surface area contributed by atoms with E-state index in [1.807, 2.05) is 38.1 Å². The van der Waals surface area contributed by atoms with Gasteiger partial charge in [0.25, 0.3) is 5.91 Å². The van der Waals surface area contributed by atoms with Gasteiger partial charge in [-0.15, -0.1) is 0 Å². The predicted molar refractivity (Wildman–Crippen MR) is 101 cm³/mol. The number of allylic oxidation sites excluding steroid dienone is 1. The minimum absolute atomic E-state index is 0.217. The molecule has 0 spiro atoms. The molecule has 0 unspecified atom stereocenters. The third kappa shape index (κ3) is 3.29. The summed E-state index contributed by atoms with van der Waals surface area (Å²) in [4.78, 5) is 20.4. The third-order valence-electron chi connectivity index (χ3n) is 4.21.